The van der Waals surface area contributed by atoms with E-state index in [1.165, 1.54) is 0 Å². The van der Waals surface area contributed by atoms with Crippen molar-refractivity contribution in [3.63, 3.8) is 0 Å². The maximum absolute atomic E-state index is 12.8. The molecule has 2 aliphatic heterocycles. The molecule has 0 radical (unpaired) electrons. The lowest BCUT2D eigenvalue weighted by atomic mass is 9.78. The van der Waals surface area contributed by atoms with Crippen LogP contribution in [0.2, 0.25) is 5.02 Å². The van der Waals surface area contributed by atoms with E-state index in [1.807, 2.05) is 44.9 Å². The SMILES string of the molecule is C/C=C/C(=O)N1CCC(Nc2ccc3c(c2)N(C)C(=O)C3(C)C)(c2cccc(Cl)c2C)CC1. The summed E-state index contributed by atoms with van der Waals surface area (Å²) < 4.78 is 0. The van der Waals surface area contributed by atoms with Crippen molar-refractivity contribution in [3.8, 4) is 0 Å². The van der Waals surface area contributed by atoms with Crippen LogP contribution >= 0.6 is 11.6 Å². The highest BCUT2D eigenvalue weighted by Gasteiger charge is 2.43. The first-order chi connectivity index (χ1) is 15.6. The standard InChI is InChI=1S/C27H32ClN3O2/c1-6-8-24(32)31-15-13-27(14-16-31,20-9-7-10-22(28)18(20)2)29-19-11-12-21-23(17-19)30(5)25(33)26(21,3)4/h6-12,17,29H,13-16H2,1-5H3/b8-6+. The maximum atomic E-state index is 12.8. The summed E-state index contributed by atoms with van der Waals surface area (Å²) in [6, 6.07) is 12.2. The topological polar surface area (TPSA) is 52.7 Å². The molecular formula is C27H32ClN3O2. The van der Waals surface area contributed by atoms with E-state index in [9.17, 15) is 9.59 Å². The van der Waals surface area contributed by atoms with Gasteiger partial charge in [-0.15, -0.1) is 0 Å². The lowest BCUT2D eigenvalue weighted by molar-refractivity contribution is -0.127. The van der Waals surface area contributed by atoms with Crippen LogP contribution in [0, 0.1) is 6.92 Å². The van der Waals surface area contributed by atoms with Gasteiger partial charge < -0.3 is 15.1 Å². The average Bonchev–Trinajstić information content (AvgIpc) is 2.96. The van der Waals surface area contributed by atoms with E-state index in [-0.39, 0.29) is 17.4 Å². The molecular weight excluding hydrogens is 434 g/mol. The molecule has 2 aromatic rings. The summed E-state index contributed by atoms with van der Waals surface area (Å²) in [4.78, 5) is 28.8. The molecule has 0 aromatic heterocycles. The Hall–Kier alpha value is -2.79. The molecule has 5 nitrogen and oxygen atoms in total. The Morgan fingerprint density at radius 1 is 1.12 bits per heavy atom. The zero-order valence-electron chi connectivity index (χ0n) is 20.0. The summed E-state index contributed by atoms with van der Waals surface area (Å²) >= 11 is 6.52. The van der Waals surface area contributed by atoms with E-state index in [0.29, 0.717) is 13.1 Å². The molecule has 0 atom stereocenters. The molecule has 6 heteroatoms. The van der Waals surface area contributed by atoms with E-state index >= 15 is 0 Å². The lowest BCUT2D eigenvalue weighted by Gasteiger charge is -2.44. The van der Waals surface area contributed by atoms with Gasteiger partial charge >= 0.3 is 0 Å². The van der Waals surface area contributed by atoms with Gasteiger partial charge in [-0.3, -0.25) is 9.59 Å². The zero-order valence-corrected chi connectivity index (χ0v) is 20.8. The molecule has 0 spiro atoms. The van der Waals surface area contributed by atoms with E-state index < -0.39 is 5.41 Å². The van der Waals surface area contributed by atoms with Crippen LogP contribution in [0.15, 0.2) is 48.6 Å². The fourth-order valence-corrected chi connectivity index (χ4v) is 5.45. The van der Waals surface area contributed by atoms with Gasteiger partial charge in [0.25, 0.3) is 0 Å². The number of halogens is 1. The fourth-order valence-electron chi connectivity index (χ4n) is 5.28. The Morgan fingerprint density at radius 3 is 2.48 bits per heavy atom. The number of anilines is 2. The Morgan fingerprint density at radius 2 is 1.82 bits per heavy atom. The molecule has 2 aromatic carbocycles. The number of nitrogens with zero attached hydrogens (tertiary/aromatic N) is 2. The molecule has 2 heterocycles. The first kappa shape index (κ1) is 23.4. The van der Waals surface area contributed by atoms with Gasteiger partial charge in [-0.05, 0) is 81.5 Å². The number of rotatable bonds is 4. The number of fused-ring (bicyclic) bond motifs is 1. The van der Waals surface area contributed by atoms with Crippen molar-refractivity contribution in [1.82, 2.24) is 4.90 Å². The van der Waals surface area contributed by atoms with Crippen LogP contribution in [0.25, 0.3) is 0 Å². The number of piperidine rings is 1. The van der Waals surface area contributed by atoms with Gasteiger partial charge in [0, 0.05) is 36.5 Å². The van der Waals surface area contributed by atoms with Crippen LogP contribution < -0.4 is 10.2 Å². The molecule has 0 unspecified atom stereocenters. The maximum Gasteiger partial charge on any atom is 0.246 e. The zero-order chi connectivity index (χ0) is 24.0. The number of hydrogen-bond acceptors (Lipinski definition) is 3. The summed E-state index contributed by atoms with van der Waals surface area (Å²) in [6.07, 6.45) is 4.93. The monoisotopic (exact) mass is 465 g/mol. The van der Waals surface area contributed by atoms with Crippen LogP contribution in [0.1, 0.15) is 50.3 Å². The third-order valence-corrected chi connectivity index (χ3v) is 7.69. The van der Waals surface area contributed by atoms with Crippen molar-refractivity contribution < 1.29 is 9.59 Å². The summed E-state index contributed by atoms with van der Waals surface area (Å²) in [5.41, 5.74) is 4.25. The van der Waals surface area contributed by atoms with Crippen LogP contribution in [-0.2, 0) is 20.5 Å². The van der Waals surface area contributed by atoms with Crippen LogP contribution in [-0.4, -0.2) is 36.9 Å². The van der Waals surface area contributed by atoms with Crippen molar-refractivity contribution in [3.05, 3.63) is 70.3 Å². The van der Waals surface area contributed by atoms with E-state index in [4.69, 9.17) is 11.6 Å². The second-order valence-electron chi connectivity index (χ2n) is 9.67. The van der Waals surface area contributed by atoms with E-state index in [2.05, 4.69) is 36.5 Å². The van der Waals surface area contributed by atoms with Gasteiger partial charge in [-0.2, -0.15) is 0 Å². The number of nitrogens with one attached hydrogen (secondary N) is 1. The third kappa shape index (κ3) is 3.93. The van der Waals surface area contributed by atoms with Gasteiger partial charge in [0.1, 0.15) is 0 Å². The Kier molecular flexibility index (Phi) is 6.04. The Labute approximate surface area is 201 Å². The van der Waals surface area contributed by atoms with Crippen molar-refractivity contribution >= 4 is 34.8 Å². The normalized spacial score (nSPS) is 19.2. The number of allylic oxidation sites excluding steroid dienone is 1. The van der Waals surface area contributed by atoms with Gasteiger partial charge in [-0.1, -0.05) is 35.9 Å². The Bertz CT molecular complexity index is 1130. The van der Waals surface area contributed by atoms with Crippen molar-refractivity contribution in [2.24, 2.45) is 0 Å². The highest BCUT2D eigenvalue weighted by Crippen LogP contribution is 2.44. The van der Waals surface area contributed by atoms with E-state index in [1.54, 1.807) is 17.1 Å². The predicted molar refractivity (Wildman–Crippen MR) is 135 cm³/mol. The number of likely N-dealkylation sites (N-methyl/N-ethyl adjacent to an activating group) is 1. The number of amides is 2. The molecule has 1 fully saturated rings. The molecule has 174 valence electrons. The molecule has 33 heavy (non-hydrogen) atoms. The average molecular weight is 466 g/mol. The van der Waals surface area contributed by atoms with Gasteiger partial charge in [0.05, 0.1) is 11.0 Å². The molecule has 0 bridgehead atoms. The largest absolute Gasteiger partial charge is 0.375 e. The predicted octanol–water partition coefficient (Wildman–Crippen LogP) is 5.41. The van der Waals surface area contributed by atoms with Crippen molar-refractivity contribution in [2.45, 2.75) is 51.5 Å². The first-order valence-electron chi connectivity index (χ1n) is 11.5. The molecule has 0 saturated carbocycles. The molecule has 2 aliphatic rings. The summed E-state index contributed by atoms with van der Waals surface area (Å²) in [7, 11) is 1.84. The van der Waals surface area contributed by atoms with Crippen LogP contribution in [0.4, 0.5) is 11.4 Å². The molecule has 0 aliphatic carbocycles. The smallest absolute Gasteiger partial charge is 0.246 e. The second-order valence-corrected chi connectivity index (χ2v) is 10.1. The van der Waals surface area contributed by atoms with Crippen molar-refractivity contribution in [2.75, 3.05) is 30.4 Å². The fraction of sp³-hybridized carbons (Fsp3) is 0.407. The highest BCUT2D eigenvalue weighted by atomic mass is 35.5. The summed E-state index contributed by atoms with van der Waals surface area (Å²) in [5, 5.41) is 4.55. The van der Waals surface area contributed by atoms with Gasteiger partial charge in [-0.25, -0.2) is 0 Å². The highest BCUT2D eigenvalue weighted by molar-refractivity contribution is 6.31. The van der Waals surface area contributed by atoms with Crippen LogP contribution in [0.5, 0.6) is 0 Å². The number of likely N-dealkylation sites (tertiary alicyclic amines) is 1. The van der Waals surface area contributed by atoms with E-state index in [0.717, 1.165) is 45.9 Å². The molecule has 1 N–H and O–H groups in total. The number of hydrogen-bond donors (Lipinski definition) is 1. The number of carbonyl (C=O) groups is 2. The van der Waals surface area contributed by atoms with Crippen LogP contribution in [0.3, 0.4) is 0 Å². The molecule has 4 rings (SSSR count). The minimum absolute atomic E-state index is 0.0498. The number of benzene rings is 2. The lowest BCUT2D eigenvalue weighted by Crippen LogP contribution is -2.49. The minimum Gasteiger partial charge on any atom is -0.375 e. The van der Waals surface area contributed by atoms with Gasteiger partial charge in [0.15, 0.2) is 0 Å². The van der Waals surface area contributed by atoms with Gasteiger partial charge in [0.2, 0.25) is 11.8 Å². The number of carbonyl (C=O) groups excluding carboxylic acids is 2. The second kappa shape index (κ2) is 8.53. The molecule has 2 amide bonds. The van der Waals surface area contributed by atoms with Crippen molar-refractivity contribution in [1.29, 1.82) is 0 Å². The minimum atomic E-state index is -0.525. The first-order valence-corrected chi connectivity index (χ1v) is 11.9. The Balaban J connectivity index is 1.72. The third-order valence-electron chi connectivity index (χ3n) is 7.28. The summed E-state index contributed by atoms with van der Waals surface area (Å²) in [6.45, 7) is 9.16. The summed E-state index contributed by atoms with van der Waals surface area (Å²) in [5.74, 6) is 0.152. The quantitative estimate of drug-likeness (QED) is 0.614. The molecule has 1 saturated heterocycles.